The van der Waals surface area contributed by atoms with E-state index >= 15 is 0 Å². The topological polar surface area (TPSA) is 40.6 Å². The van der Waals surface area contributed by atoms with Crippen LogP contribution in [0.1, 0.15) is 17.5 Å². The zero-order chi connectivity index (χ0) is 17.8. The van der Waals surface area contributed by atoms with Crippen LogP contribution < -0.4 is 0 Å². The summed E-state index contributed by atoms with van der Waals surface area (Å²) in [6.45, 7) is 1.00. The predicted molar refractivity (Wildman–Crippen MR) is 100 cm³/mol. The lowest BCUT2D eigenvalue weighted by Crippen LogP contribution is -2.39. The van der Waals surface area contributed by atoms with Crippen molar-refractivity contribution < 1.29 is 9.59 Å². The van der Waals surface area contributed by atoms with Crippen LogP contribution in [0, 0.1) is 0 Å². The molecule has 1 saturated heterocycles. The van der Waals surface area contributed by atoms with E-state index in [4.69, 9.17) is 0 Å². The number of imide groups is 1. The van der Waals surface area contributed by atoms with Gasteiger partial charge in [-0.1, -0.05) is 42.5 Å². The Balaban J connectivity index is 1.66. The maximum Gasteiger partial charge on any atom is 0.247 e. The van der Waals surface area contributed by atoms with Crippen LogP contribution in [0.5, 0.6) is 0 Å². The zero-order valence-corrected chi connectivity index (χ0v) is 15.3. The summed E-state index contributed by atoms with van der Waals surface area (Å²) in [7, 11) is 1.91. The monoisotopic (exact) mass is 354 g/mol. The van der Waals surface area contributed by atoms with Gasteiger partial charge in [-0.25, -0.2) is 0 Å². The van der Waals surface area contributed by atoms with E-state index in [1.807, 2.05) is 48.5 Å². The van der Waals surface area contributed by atoms with Crippen LogP contribution >= 0.6 is 11.8 Å². The minimum Gasteiger partial charge on any atom is -0.290 e. The lowest BCUT2D eigenvalue weighted by molar-refractivity contribution is -0.140. The quantitative estimate of drug-likeness (QED) is 0.590. The highest BCUT2D eigenvalue weighted by molar-refractivity contribution is 7.98. The number of thioether (sulfide) groups is 1. The van der Waals surface area contributed by atoms with E-state index in [1.165, 1.54) is 9.80 Å². The summed E-state index contributed by atoms with van der Waals surface area (Å²) in [5.74, 6) is -0.194. The lowest BCUT2D eigenvalue weighted by atomic mass is 10.1. The second-order valence-electron chi connectivity index (χ2n) is 6.29. The molecule has 1 fully saturated rings. The van der Waals surface area contributed by atoms with Crippen molar-refractivity contribution in [3.8, 4) is 0 Å². The molecule has 0 unspecified atom stereocenters. The maximum absolute atomic E-state index is 12.7. The third-order valence-electron chi connectivity index (χ3n) is 4.53. The molecule has 0 bridgehead atoms. The molecule has 2 amide bonds. The van der Waals surface area contributed by atoms with Crippen LogP contribution in [0.4, 0.5) is 0 Å². The number of carbonyl (C=O) groups excluding carboxylic acids is 2. The fourth-order valence-electron chi connectivity index (χ4n) is 3.07. The van der Waals surface area contributed by atoms with E-state index < -0.39 is 0 Å². The molecule has 2 aromatic rings. The first kappa shape index (κ1) is 17.7. The van der Waals surface area contributed by atoms with Crippen LogP contribution in [0.25, 0.3) is 0 Å². The first-order valence-corrected chi connectivity index (χ1v) is 9.52. The summed E-state index contributed by atoms with van der Waals surface area (Å²) in [4.78, 5) is 29.6. The Morgan fingerprint density at radius 2 is 1.72 bits per heavy atom. The van der Waals surface area contributed by atoms with Gasteiger partial charge < -0.3 is 0 Å². The number of likely N-dealkylation sites (tertiary alicyclic amines) is 1. The second-order valence-corrected chi connectivity index (χ2v) is 7.17. The van der Waals surface area contributed by atoms with Gasteiger partial charge in [0.25, 0.3) is 0 Å². The van der Waals surface area contributed by atoms with Crippen molar-refractivity contribution in [2.24, 2.45) is 0 Å². The van der Waals surface area contributed by atoms with Crippen LogP contribution in [0.2, 0.25) is 0 Å². The van der Waals surface area contributed by atoms with Crippen LogP contribution in [0.3, 0.4) is 0 Å². The van der Waals surface area contributed by atoms with Crippen molar-refractivity contribution in [1.29, 1.82) is 0 Å². The van der Waals surface area contributed by atoms with E-state index in [2.05, 4.69) is 24.3 Å². The number of amides is 2. The van der Waals surface area contributed by atoms with Gasteiger partial charge in [0.15, 0.2) is 0 Å². The fraction of sp³-hybridized carbons (Fsp3) is 0.300. The number of hydrogen-bond acceptors (Lipinski definition) is 4. The van der Waals surface area contributed by atoms with Gasteiger partial charge in [-0.3, -0.25) is 19.4 Å². The summed E-state index contributed by atoms with van der Waals surface area (Å²) in [5.41, 5.74) is 2.11. The number of hydrogen-bond donors (Lipinski definition) is 0. The molecule has 5 heteroatoms. The van der Waals surface area contributed by atoms with Crippen LogP contribution in [-0.2, 0) is 22.7 Å². The van der Waals surface area contributed by atoms with Gasteiger partial charge in [-0.05, 0) is 36.6 Å². The molecule has 1 atom stereocenters. The molecule has 0 aliphatic carbocycles. The van der Waals surface area contributed by atoms with E-state index in [0.29, 0.717) is 13.1 Å². The first-order chi connectivity index (χ1) is 12.1. The Bertz CT molecular complexity index is 746. The Hall–Kier alpha value is -2.11. The van der Waals surface area contributed by atoms with Crippen molar-refractivity contribution >= 4 is 23.6 Å². The maximum atomic E-state index is 12.7. The van der Waals surface area contributed by atoms with E-state index in [-0.39, 0.29) is 24.3 Å². The number of benzene rings is 2. The summed E-state index contributed by atoms with van der Waals surface area (Å²) in [6.07, 6.45) is 2.30. The predicted octanol–water partition coefficient (Wildman–Crippen LogP) is 3.17. The molecule has 0 saturated carbocycles. The highest BCUT2D eigenvalue weighted by atomic mass is 32.2. The summed E-state index contributed by atoms with van der Waals surface area (Å²) < 4.78 is 0. The molecule has 0 radical (unpaired) electrons. The molecule has 3 rings (SSSR count). The number of likely N-dealkylation sites (N-methyl/N-ethyl adjacent to an activating group) is 1. The molecule has 0 spiro atoms. The van der Waals surface area contributed by atoms with E-state index in [1.54, 1.807) is 11.8 Å². The number of rotatable bonds is 6. The second kappa shape index (κ2) is 7.85. The number of nitrogens with zero attached hydrogens (tertiary/aromatic N) is 2. The molecule has 1 aliphatic rings. The molecular formula is C20H22N2O2S. The third-order valence-corrected chi connectivity index (χ3v) is 5.27. The van der Waals surface area contributed by atoms with Crippen molar-refractivity contribution in [3.05, 3.63) is 65.7 Å². The highest BCUT2D eigenvalue weighted by Gasteiger charge is 2.40. The molecule has 0 aromatic heterocycles. The smallest absolute Gasteiger partial charge is 0.247 e. The molecule has 0 N–H and O–H groups in total. The molecular weight excluding hydrogens is 332 g/mol. The van der Waals surface area contributed by atoms with Gasteiger partial charge in [0.05, 0.1) is 19.0 Å². The summed E-state index contributed by atoms with van der Waals surface area (Å²) in [6, 6.07) is 17.6. The van der Waals surface area contributed by atoms with Gasteiger partial charge in [-0.15, -0.1) is 11.8 Å². The van der Waals surface area contributed by atoms with Crippen molar-refractivity contribution in [3.63, 3.8) is 0 Å². The van der Waals surface area contributed by atoms with Gasteiger partial charge in [0, 0.05) is 11.4 Å². The van der Waals surface area contributed by atoms with Gasteiger partial charge >= 0.3 is 0 Å². The average molecular weight is 354 g/mol. The zero-order valence-electron chi connectivity index (χ0n) is 14.5. The molecule has 2 aromatic carbocycles. The largest absolute Gasteiger partial charge is 0.290 e. The molecule has 130 valence electrons. The molecule has 1 aliphatic heterocycles. The molecule has 25 heavy (non-hydrogen) atoms. The van der Waals surface area contributed by atoms with E-state index in [0.717, 1.165) is 11.1 Å². The van der Waals surface area contributed by atoms with Crippen molar-refractivity contribution in [1.82, 2.24) is 9.80 Å². The Kier molecular flexibility index (Phi) is 5.56. The standard InChI is InChI=1S/C20H22N2O2S/c1-21(13-16-8-10-17(25-2)11-9-16)18-12-19(23)22(20(18)24)14-15-6-4-3-5-7-15/h3-11,18H,12-14H2,1-2H3/t18-/m0/s1. The Morgan fingerprint density at radius 3 is 2.36 bits per heavy atom. The normalized spacial score (nSPS) is 17.6. The van der Waals surface area contributed by atoms with Gasteiger partial charge in [0.1, 0.15) is 0 Å². The lowest BCUT2D eigenvalue weighted by Gasteiger charge is -2.23. The van der Waals surface area contributed by atoms with Crippen molar-refractivity contribution in [2.45, 2.75) is 30.4 Å². The number of carbonyl (C=O) groups is 2. The summed E-state index contributed by atoms with van der Waals surface area (Å²) >= 11 is 1.70. The van der Waals surface area contributed by atoms with Crippen molar-refractivity contribution in [2.75, 3.05) is 13.3 Å². The van der Waals surface area contributed by atoms with Crippen LogP contribution in [0.15, 0.2) is 59.5 Å². The third kappa shape index (κ3) is 4.11. The Labute approximate surface area is 152 Å². The first-order valence-electron chi connectivity index (χ1n) is 8.30. The van der Waals surface area contributed by atoms with Gasteiger partial charge in [0.2, 0.25) is 11.8 Å². The van der Waals surface area contributed by atoms with E-state index in [9.17, 15) is 9.59 Å². The fourth-order valence-corrected chi connectivity index (χ4v) is 3.48. The molecule has 4 nitrogen and oxygen atoms in total. The SMILES string of the molecule is CSc1ccc(CN(C)[C@H]2CC(=O)N(Cc3ccccc3)C2=O)cc1. The van der Waals surface area contributed by atoms with Gasteiger partial charge in [-0.2, -0.15) is 0 Å². The molecule has 1 heterocycles. The highest BCUT2D eigenvalue weighted by Crippen LogP contribution is 2.22. The Morgan fingerprint density at radius 1 is 1.04 bits per heavy atom. The van der Waals surface area contributed by atoms with Crippen LogP contribution in [-0.4, -0.2) is 41.0 Å². The minimum atomic E-state index is -0.378. The minimum absolute atomic E-state index is 0.0940. The average Bonchev–Trinajstić information content (AvgIpc) is 2.91. The summed E-state index contributed by atoms with van der Waals surface area (Å²) in [5, 5.41) is 0.